The van der Waals surface area contributed by atoms with Crippen molar-refractivity contribution >= 4 is 33.7 Å². The molecule has 0 aliphatic heterocycles. The summed E-state index contributed by atoms with van der Waals surface area (Å²) in [6, 6.07) is 9.56. The number of hydrogen-bond acceptors (Lipinski definition) is 3. The van der Waals surface area contributed by atoms with Crippen LogP contribution in [0.25, 0.3) is 6.08 Å². The molecule has 0 atom stereocenters. The molecule has 0 unspecified atom stereocenters. The highest BCUT2D eigenvalue weighted by Gasteiger charge is 2.07. The van der Waals surface area contributed by atoms with Crippen LogP contribution in [-0.2, 0) is 4.79 Å². The third kappa shape index (κ3) is 4.92. The molecule has 0 spiro atoms. The molecule has 1 aromatic carbocycles. The Morgan fingerprint density at radius 3 is 2.73 bits per heavy atom. The second-order valence-electron chi connectivity index (χ2n) is 4.10. The summed E-state index contributed by atoms with van der Waals surface area (Å²) in [5, 5.41) is 2.55. The van der Waals surface area contributed by atoms with Gasteiger partial charge in [0.15, 0.2) is 0 Å². The molecule has 7 heteroatoms. The number of pyridine rings is 1. The first kappa shape index (κ1) is 16.1. The Balaban J connectivity index is 2.05. The molecule has 0 saturated carbocycles. The number of alkyl halides is 2. The average molecular weight is 369 g/mol. The molecular formula is C15H11BrF2N2O2. The lowest BCUT2D eigenvalue weighted by Gasteiger charge is -2.07. The molecule has 4 nitrogen and oxygen atoms in total. The summed E-state index contributed by atoms with van der Waals surface area (Å²) < 4.78 is 29.7. The number of benzene rings is 1. The van der Waals surface area contributed by atoms with Crippen LogP contribution in [0.5, 0.6) is 5.75 Å². The van der Waals surface area contributed by atoms with Gasteiger partial charge in [0.05, 0.1) is 0 Å². The number of nitrogens with zero attached hydrogens (tertiary/aromatic N) is 1. The number of amides is 1. The van der Waals surface area contributed by atoms with Crippen LogP contribution in [-0.4, -0.2) is 17.5 Å². The van der Waals surface area contributed by atoms with Crippen molar-refractivity contribution in [3.05, 3.63) is 58.7 Å². The van der Waals surface area contributed by atoms with Gasteiger partial charge in [0, 0.05) is 22.3 Å². The molecule has 2 rings (SSSR count). The molecule has 114 valence electrons. The molecule has 2 aromatic rings. The summed E-state index contributed by atoms with van der Waals surface area (Å²) >= 11 is 3.24. The molecule has 0 radical (unpaired) electrons. The van der Waals surface area contributed by atoms with E-state index < -0.39 is 12.5 Å². The molecule has 0 bridgehead atoms. The van der Waals surface area contributed by atoms with E-state index >= 15 is 0 Å². The molecule has 0 aliphatic carbocycles. The number of hydrogen-bond donors (Lipinski definition) is 1. The fourth-order valence-electron chi connectivity index (χ4n) is 1.60. The first-order chi connectivity index (χ1) is 10.5. The van der Waals surface area contributed by atoms with E-state index in [1.165, 1.54) is 18.2 Å². The summed E-state index contributed by atoms with van der Waals surface area (Å²) in [7, 11) is 0. The predicted octanol–water partition coefficient (Wildman–Crippen LogP) is 4.10. The van der Waals surface area contributed by atoms with Gasteiger partial charge >= 0.3 is 6.61 Å². The standard InChI is InChI=1S/C15H11BrF2N2O2/c16-11-6-7-13(19-9-11)20-14(21)8-5-10-3-1-2-4-12(10)22-15(17)18/h1-9,15H,(H,19,20,21)/b8-5+. The molecule has 0 fully saturated rings. The van der Waals surface area contributed by atoms with Gasteiger partial charge in [-0.15, -0.1) is 0 Å². The van der Waals surface area contributed by atoms with Gasteiger partial charge in [0.25, 0.3) is 0 Å². The molecule has 1 N–H and O–H groups in total. The Hall–Kier alpha value is -2.28. The lowest BCUT2D eigenvalue weighted by Crippen LogP contribution is -2.09. The van der Waals surface area contributed by atoms with E-state index in [0.717, 1.165) is 4.47 Å². The maximum Gasteiger partial charge on any atom is 0.387 e. The van der Waals surface area contributed by atoms with Gasteiger partial charge in [-0.25, -0.2) is 4.98 Å². The normalized spacial score (nSPS) is 10.9. The van der Waals surface area contributed by atoms with Crippen molar-refractivity contribution in [2.75, 3.05) is 5.32 Å². The van der Waals surface area contributed by atoms with Crippen molar-refractivity contribution in [1.82, 2.24) is 4.98 Å². The van der Waals surface area contributed by atoms with Gasteiger partial charge in [-0.1, -0.05) is 18.2 Å². The van der Waals surface area contributed by atoms with Crippen molar-refractivity contribution in [1.29, 1.82) is 0 Å². The number of para-hydroxylation sites is 1. The molecule has 1 amide bonds. The number of anilines is 1. The number of aromatic nitrogens is 1. The van der Waals surface area contributed by atoms with Crippen LogP contribution in [0.4, 0.5) is 14.6 Å². The van der Waals surface area contributed by atoms with Crippen molar-refractivity contribution in [3.63, 3.8) is 0 Å². The van der Waals surface area contributed by atoms with Gasteiger partial charge < -0.3 is 10.1 Å². The van der Waals surface area contributed by atoms with E-state index in [4.69, 9.17) is 0 Å². The van der Waals surface area contributed by atoms with Crippen LogP contribution in [0, 0.1) is 0 Å². The van der Waals surface area contributed by atoms with E-state index in [0.29, 0.717) is 11.4 Å². The van der Waals surface area contributed by atoms with E-state index in [9.17, 15) is 13.6 Å². The minimum absolute atomic E-state index is 0.00307. The maximum atomic E-state index is 12.3. The van der Waals surface area contributed by atoms with Crippen LogP contribution >= 0.6 is 15.9 Å². The number of ether oxygens (including phenoxy) is 1. The zero-order valence-electron chi connectivity index (χ0n) is 11.2. The van der Waals surface area contributed by atoms with Crippen molar-refractivity contribution in [2.24, 2.45) is 0 Å². The highest BCUT2D eigenvalue weighted by Crippen LogP contribution is 2.21. The van der Waals surface area contributed by atoms with Crippen LogP contribution in [0.2, 0.25) is 0 Å². The Morgan fingerprint density at radius 1 is 1.27 bits per heavy atom. The summed E-state index contributed by atoms with van der Waals surface area (Å²) in [5.74, 6) is -0.0417. The number of carbonyl (C=O) groups excluding carboxylic acids is 1. The zero-order chi connectivity index (χ0) is 15.9. The van der Waals surface area contributed by atoms with E-state index in [-0.39, 0.29) is 5.75 Å². The number of carbonyl (C=O) groups is 1. The smallest absolute Gasteiger partial charge is 0.387 e. The van der Waals surface area contributed by atoms with Gasteiger partial charge in [0.2, 0.25) is 5.91 Å². The first-order valence-electron chi connectivity index (χ1n) is 6.19. The van der Waals surface area contributed by atoms with E-state index in [2.05, 4.69) is 31.0 Å². The highest BCUT2D eigenvalue weighted by atomic mass is 79.9. The highest BCUT2D eigenvalue weighted by molar-refractivity contribution is 9.10. The molecule has 1 aromatic heterocycles. The van der Waals surface area contributed by atoms with Crippen LogP contribution in [0.15, 0.2) is 53.1 Å². The maximum absolute atomic E-state index is 12.3. The minimum atomic E-state index is -2.92. The van der Waals surface area contributed by atoms with Gasteiger partial charge in [-0.05, 0) is 40.2 Å². The summed E-state index contributed by atoms with van der Waals surface area (Å²) in [4.78, 5) is 15.8. The Labute approximate surface area is 134 Å². The van der Waals surface area contributed by atoms with Crippen molar-refractivity contribution < 1.29 is 18.3 Å². The summed E-state index contributed by atoms with van der Waals surface area (Å²) in [5.41, 5.74) is 0.377. The topological polar surface area (TPSA) is 51.2 Å². The molecule has 22 heavy (non-hydrogen) atoms. The molecule has 0 aliphatic rings. The van der Waals surface area contributed by atoms with Gasteiger partial charge in [0.1, 0.15) is 11.6 Å². The van der Waals surface area contributed by atoms with E-state index in [1.807, 2.05) is 0 Å². The second-order valence-corrected chi connectivity index (χ2v) is 5.02. The van der Waals surface area contributed by atoms with Crippen LogP contribution in [0.1, 0.15) is 5.56 Å². The number of rotatable bonds is 5. The Morgan fingerprint density at radius 2 is 2.05 bits per heavy atom. The number of nitrogens with one attached hydrogen (secondary N) is 1. The van der Waals surface area contributed by atoms with Crippen LogP contribution in [0.3, 0.4) is 0 Å². The molecule has 1 heterocycles. The quantitative estimate of drug-likeness (QED) is 0.808. The van der Waals surface area contributed by atoms with Crippen LogP contribution < -0.4 is 10.1 Å². The van der Waals surface area contributed by atoms with Crippen molar-refractivity contribution in [2.45, 2.75) is 6.61 Å². The average Bonchev–Trinajstić information content (AvgIpc) is 2.48. The SMILES string of the molecule is O=C(/C=C/c1ccccc1OC(F)F)Nc1ccc(Br)cn1. The Kier molecular flexibility index (Phi) is 5.60. The first-order valence-corrected chi connectivity index (χ1v) is 6.98. The van der Waals surface area contributed by atoms with Gasteiger partial charge in [-0.2, -0.15) is 8.78 Å². The number of halogens is 3. The summed E-state index contributed by atoms with van der Waals surface area (Å²) in [6.45, 7) is -2.92. The fraction of sp³-hybridized carbons (Fsp3) is 0.0667. The van der Waals surface area contributed by atoms with Crippen molar-refractivity contribution in [3.8, 4) is 5.75 Å². The summed E-state index contributed by atoms with van der Waals surface area (Å²) in [6.07, 6.45) is 4.16. The monoisotopic (exact) mass is 368 g/mol. The second kappa shape index (κ2) is 7.65. The third-order valence-corrected chi connectivity index (χ3v) is 3.00. The lowest BCUT2D eigenvalue weighted by atomic mass is 10.2. The lowest BCUT2D eigenvalue weighted by molar-refractivity contribution is -0.111. The predicted molar refractivity (Wildman–Crippen MR) is 82.7 cm³/mol. The fourth-order valence-corrected chi connectivity index (χ4v) is 1.84. The van der Waals surface area contributed by atoms with Gasteiger partial charge in [-0.3, -0.25) is 4.79 Å². The van der Waals surface area contributed by atoms with E-state index in [1.54, 1.807) is 36.5 Å². The third-order valence-electron chi connectivity index (χ3n) is 2.53. The largest absolute Gasteiger partial charge is 0.434 e. The Bertz CT molecular complexity index is 675. The molecule has 0 saturated heterocycles. The minimum Gasteiger partial charge on any atom is -0.434 e. The molecular weight excluding hydrogens is 358 g/mol. The zero-order valence-corrected chi connectivity index (χ0v) is 12.8.